The molecule has 3 aliphatic rings. The molecule has 7 nitrogen and oxygen atoms in total. The number of hydrogen-bond donors (Lipinski definition) is 1. The molecule has 3 aliphatic heterocycles. The minimum Gasteiger partial charge on any atom is -0.495 e. The second kappa shape index (κ2) is 12.1. The monoisotopic (exact) mass is 491 g/mol. The van der Waals surface area contributed by atoms with Crippen molar-refractivity contribution in [2.45, 2.75) is 76.9 Å². The van der Waals surface area contributed by atoms with E-state index < -0.39 is 0 Å². The Hall–Kier alpha value is -2.56. The van der Waals surface area contributed by atoms with Crippen LogP contribution in [0.25, 0.3) is 10.9 Å². The van der Waals surface area contributed by atoms with Crippen molar-refractivity contribution < 1.29 is 9.47 Å². The molecule has 1 unspecified atom stereocenters. The lowest BCUT2D eigenvalue weighted by atomic mass is 10.1. The normalized spacial score (nSPS) is 21.1. The van der Waals surface area contributed by atoms with Crippen LogP contribution >= 0.6 is 0 Å². The number of nitrogens with zero attached hydrogens (tertiary/aromatic N) is 4. The van der Waals surface area contributed by atoms with Crippen molar-refractivity contribution >= 4 is 22.7 Å². The average molecular weight is 492 g/mol. The van der Waals surface area contributed by atoms with Crippen LogP contribution in [0, 0.1) is 11.8 Å². The summed E-state index contributed by atoms with van der Waals surface area (Å²) >= 11 is 0. The van der Waals surface area contributed by atoms with Gasteiger partial charge < -0.3 is 19.7 Å². The van der Waals surface area contributed by atoms with Gasteiger partial charge in [0.05, 0.1) is 30.8 Å². The zero-order valence-corrected chi connectivity index (χ0v) is 22.0. The van der Waals surface area contributed by atoms with Gasteiger partial charge in [-0.15, -0.1) is 0 Å². The van der Waals surface area contributed by atoms with Crippen LogP contribution in [0.15, 0.2) is 12.1 Å². The van der Waals surface area contributed by atoms with Gasteiger partial charge in [-0.25, -0.2) is 4.98 Å². The summed E-state index contributed by atoms with van der Waals surface area (Å²) < 4.78 is 11.6. The third-order valence-electron chi connectivity index (χ3n) is 7.69. The molecule has 2 atom stereocenters. The number of benzene rings is 1. The Labute approximate surface area is 215 Å². The molecule has 1 aromatic heterocycles. The first-order valence-electron chi connectivity index (χ1n) is 13.9. The van der Waals surface area contributed by atoms with E-state index in [0.29, 0.717) is 12.1 Å². The van der Waals surface area contributed by atoms with E-state index in [1.165, 1.54) is 38.5 Å². The minimum atomic E-state index is 0.307. The van der Waals surface area contributed by atoms with Crippen molar-refractivity contribution in [1.82, 2.24) is 14.9 Å². The van der Waals surface area contributed by atoms with Crippen LogP contribution in [0.5, 0.6) is 5.75 Å². The van der Waals surface area contributed by atoms with Crippen molar-refractivity contribution in [3.63, 3.8) is 0 Å². The van der Waals surface area contributed by atoms with E-state index in [9.17, 15) is 0 Å². The lowest BCUT2D eigenvalue weighted by Gasteiger charge is -2.21. The van der Waals surface area contributed by atoms with E-state index in [4.69, 9.17) is 19.4 Å². The van der Waals surface area contributed by atoms with Crippen LogP contribution in [0.2, 0.25) is 0 Å². The third-order valence-corrected chi connectivity index (χ3v) is 7.69. The van der Waals surface area contributed by atoms with Gasteiger partial charge in [0.25, 0.3) is 0 Å². The topological polar surface area (TPSA) is 62.8 Å². The van der Waals surface area contributed by atoms with Gasteiger partial charge in [-0.1, -0.05) is 11.8 Å². The smallest absolute Gasteiger partial charge is 0.227 e. The molecule has 2 aromatic rings. The van der Waals surface area contributed by atoms with E-state index in [1.807, 2.05) is 0 Å². The summed E-state index contributed by atoms with van der Waals surface area (Å²) in [4.78, 5) is 14.7. The summed E-state index contributed by atoms with van der Waals surface area (Å²) in [6.07, 6.45) is 11.2. The van der Waals surface area contributed by atoms with Crippen molar-refractivity contribution in [3.05, 3.63) is 17.7 Å². The van der Waals surface area contributed by atoms with Crippen LogP contribution in [0.1, 0.15) is 70.3 Å². The maximum absolute atomic E-state index is 5.80. The first kappa shape index (κ1) is 25.1. The van der Waals surface area contributed by atoms with Gasteiger partial charge in [0.2, 0.25) is 5.95 Å². The Morgan fingerprint density at radius 1 is 1.11 bits per heavy atom. The molecule has 1 N–H and O–H groups in total. The number of fused-ring (bicyclic) bond motifs is 1. The van der Waals surface area contributed by atoms with E-state index in [1.54, 1.807) is 7.11 Å². The molecule has 36 heavy (non-hydrogen) atoms. The summed E-state index contributed by atoms with van der Waals surface area (Å²) in [5.74, 6) is 9.21. The lowest BCUT2D eigenvalue weighted by molar-refractivity contribution is 0.102. The number of rotatable bonds is 9. The van der Waals surface area contributed by atoms with Gasteiger partial charge in [-0.05, 0) is 89.9 Å². The molecule has 0 amide bonds. The van der Waals surface area contributed by atoms with E-state index >= 15 is 0 Å². The number of likely N-dealkylation sites (tertiary alicyclic amines) is 1. The zero-order valence-electron chi connectivity index (χ0n) is 22.0. The molecule has 0 saturated carbocycles. The van der Waals surface area contributed by atoms with Crippen LogP contribution in [0.4, 0.5) is 11.8 Å². The molecule has 7 heteroatoms. The highest BCUT2D eigenvalue weighted by Gasteiger charge is 2.20. The fourth-order valence-corrected chi connectivity index (χ4v) is 5.60. The fraction of sp³-hybridized carbons (Fsp3) is 0.655. The molecule has 0 radical (unpaired) electrons. The summed E-state index contributed by atoms with van der Waals surface area (Å²) in [6, 6.07) is 4.45. The van der Waals surface area contributed by atoms with Crippen molar-refractivity contribution in [1.29, 1.82) is 0 Å². The highest BCUT2D eigenvalue weighted by molar-refractivity contribution is 5.92. The predicted molar refractivity (Wildman–Crippen MR) is 146 cm³/mol. The summed E-state index contributed by atoms with van der Waals surface area (Å²) in [6.45, 7) is 8.31. The van der Waals surface area contributed by atoms with Gasteiger partial charge in [-0.2, -0.15) is 4.98 Å². The number of anilines is 2. The Balaban J connectivity index is 1.38. The summed E-state index contributed by atoms with van der Waals surface area (Å²) in [7, 11) is 1.72. The van der Waals surface area contributed by atoms with Crippen molar-refractivity contribution in [3.8, 4) is 17.6 Å². The van der Waals surface area contributed by atoms with Crippen LogP contribution in [-0.4, -0.2) is 73.5 Å². The number of aromatic nitrogens is 2. The molecule has 3 fully saturated rings. The maximum atomic E-state index is 5.80. The molecular formula is C29H41N5O2. The Kier molecular flexibility index (Phi) is 8.45. The second-order valence-corrected chi connectivity index (χ2v) is 10.5. The number of methoxy groups -OCH3 is 1. The SMILES string of the molecule is COc1cc2c(N[C@@H](C)CCCC3CCCO3)nc(N3CCCC3)nc2cc1C#CCN1CCCC1. The first-order valence-corrected chi connectivity index (χ1v) is 13.9. The molecule has 4 heterocycles. The molecular weight excluding hydrogens is 450 g/mol. The van der Waals surface area contributed by atoms with Gasteiger partial charge in [0.15, 0.2) is 0 Å². The maximum Gasteiger partial charge on any atom is 0.227 e. The van der Waals surface area contributed by atoms with Crippen molar-refractivity contribution in [2.24, 2.45) is 0 Å². The summed E-state index contributed by atoms with van der Waals surface area (Å²) in [5, 5.41) is 4.70. The summed E-state index contributed by atoms with van der Waals surface area (Å²) in [5.41, 5.74) is 1.82. The molecule has 194 valence electrons. The van der Waals surface area contributed by atoms with Crippen molar-refractivity contribution in [2.75, 3.05) is 56.7 Å². The molecule has 0 aliphatic carbocycles. The lowest BCUT2D eigenvalue weighted by Crippen LogP contribution is -2.23. The minimum absolute atomic E-state index is 0.307. The van der Waals surface area contributed by atoms with Gasteiger partial charge in [-0.3, -0.25) is 4.90 Å². The highest BCUT2D eigenvalue weighted by Crippen LogP contribution is 2.32. The number of hydrogen-bond acceptors (Lipinski definition) is 7. The van der Waals surface area contributed by atoms with Gasteiger partial charge >= 0.3 is 0 Å². The van der Waals surface area contributed by atoms with Crippen LogP contribution in [-0.2, 0) is 4.74 Å². The zero-order chi connectivity index (χ0) is 24.7. The fourth-order valence-electron chi connectivity index (χ4n) is 5.60. The van der Waals surface area contributed by atoms with Crippen LogP contribution in [0.3, 0.4) is 0 Å². The van der Waals surface area contributed by atoms with E-state index in [0.717, 1.165) is 92.6 Å². The van der Waals surface area contributed by atoms with E-state index in [2.05, 4.69) is 46.0 Å². The largest absolute Gasteiger partial charge is 0.495 e. The second-order valence-electron chi connectivity index (χ2n) is 10.5. The van der Waals surface area contributed by atoms with E-state index in [-0.39, 0.29) is 0 Å². The molecule has 3 saturated heterocycles. The molecule has 0 bridgehead atoms. The number of ether oxygens (including phenoxy) is 2. The highest BCUT2D eigenvalue weighted by atomic mass is 16.5. The number of nitrogens with one attached hydrogen (secondary N) is 1. The Bertz CT molecular complexity index is 1080. The van der Waals surface area contributed by atoms with Crippen LogP contribution < -0.4 is 15.0 Å². The average Bonchev–Trinajstić information content (AvgIpc) is 3.68. The van der Waals surface area contributed by atoms with Gasteiger partial charge in [0.1, 0.15) is 11.6 Å². The molecule has 1 aromatic carbocycles. The Morgan fingerprint density at radius 3 is 2.67 bits per heavy atom. The predicted octanol–water partition coefficient (Wildman–Crippen LogP) is 4.84. The third kappa shape index (κ3) is 6.22. The van der Waals surface area contributed by atoms with Gasteiger partial charge in [0, 0.05) is 31.1 Å². The Morgan fingerprint density at radius 2 is 1.92 bits per heavy atom. The molecule has 0 spiro atoms. The quantitative estimate of drug-likeness (QED) is 0.504. The standard InChI is InChI=1S/C29H41N5O2/c1-22(10-7-12-24-13-9-19-36-24)30-28-25-21-27(35-2)23(11-8-16-33-14-3-4-15-33)20-26(25)31-29(32-28)34-17-5-6-18-34/h20-22,24H,3-7,9-10,12-19H2,1-2H3,(H,30,31,32)/t22-,24?/m0/s1. The first-order chi connectivity index (χ1) is 17.7. The molecule has 5 rings (SSSR count).